The van der Waals surface area contributed by atoms with Crippen molar-refractivity contribution in [1.29, 1.82) is 0 Å². The minimum atomic E-state index is -0.272. The van der Waals surface area contributed by atoms with Gasteiger partial charge in [-0.05, 0) is 37.1 Å². The van der Waals surface area contributed by atoms with Crippen molar-refractivity contribution in [3.63, 3.8) is 0 Å². The summed E-state index contributed by atoms with van der Waals surface area (Å²) in [6.07, 6.45) is 3.80. The van der Waals surface area contributed by atoms with Crippen LogP contribution in [0.2, 0.25) is 5.02 Å². The van der Waals surface area contributed by atoms with Gasteiger partial charge in [0.2, 0.25) is 0 Å². The van der Waals surface area contributed by atoms with E-state index in [-0.39, 0.29) is 12.5 Å². The summed E-state index contributed by atoms with van der Waals surface area (Å²) < 4.78 is 5.40. The maximum absolute atomic E-state index is 11.9. The molecule has 1 amide bonds. The van der Waals surface area contributed by atoms with E-state index in [0.29, 0.717) is 16.6 Å². The largest absolute Gasteiger partial charge is 0.484 e. The molecule has 1 N–H and O–H groups in total. The fraction of sp³-hybridized carbons (Fsp3) is 0.312. The fourth-order valence-electron chi connectivity index (χ4n) is 2.39. The van der Waals surface area contributed by atoms with Gasteiger partial charge in [-0.25, -0.2) is 9.97 Å². The van der Waals surface area contributed by atoms with Gasteiger partial charge in [-0.15, -0.1) is 0 Å². The molecular weight excluding hydrogens is 316 g/mol. The first-order chi connectivity index (χ1) is 11.2. The van der Waals surface area contributed by atoms with Gasteiger partial charge in [0.25, 0.3) is 5.91 Å². The van der Waals surface area contributed by atoms with Gasteiger partial charge in [0, 0.05) is 24.2 Å². The second kappa shape index (κ2) is 7.28. The Hall–Kier alpha value is -2.34. The molecule has 2 aromatic rings. The summed E-state index contributed by atoms with van der Waals surface area (Å²) in [5, 5.41) is 3.34. The summed E-state index contributed by atoms with van der Waals surface area (Å²) >= 11 is 5.80. The molecule has 7 heteroatoms. The number of nitrogens with zero attached hydrogens (tertiary/aromatic N) is 3. The van der Waals surface area contributed by atoms with E-state index in [1.165, 1.54) is 19.2 Å². The highest BCUT2D eigenvalue weighted by atomic mass is 35.5. The van der Waals surface area contributed by atoms with E-state index in [0.717, 1.165) is 18.9 Å². The van der Waals surface area contributed by atoms with Crippen molar-refractivity contribution in [3.8, 4) is 5.75 Å². The number of carbonyl (C=O) groups excluding carboxylic acids is 1. The number of ether oxygens (including phenoxy) is 1. The first-order valence-electron chi connectivity index (χ1n) is 7.46. The van der Waals surface area contributed by atoms with Crippen molar-refractivity contribution in [1.82, 2.24) is 9.97 Å². The fourth-order valence-corrected chi connectivity index (χ4v) is 2.52. The van der Waals surface area contributed by atoms with E-state index in [9.17, 15) is 4.79 Å². The molecule has 0 aliphatic carbocycles. The number of benzene rings is 1. The highest BCUT2D eigenvalue weighted by Gasteiger charge is 2.14. The predicted octanol–water partition coefficient (Wildman–Crippen LogP) is 2.75. The summed E-state index contributed by atoms with van der Waals surface area (Å²) in [5.74, 6) is 1.63. The van der Waals surface area contributed by atoms with Crippen LogP contribution >= 0.6 is 11.6 Å². The lowest BCUT2D eigenvalue weighted by Crippen LogP contribution is -2.22. The molecular formula is C16H17ClN4O2. The molecule has 1 aliphatic rings. The molecule has 23 heavy (non-hydrogen) atoms. The second-order valence-electron chi connectivity index (χ2n) is 5.25. The number of halogens is 1. The third kappa shape index (κ3) is 4.32. The Morgan fingerprint density at radius 3 is 2.70 bits per heavy atom. The van der Waals surface area contributed by atoms with Crippen molar-refractivity contribution in [2.24, 2.45) is 0 Å². The van der Waals surface area contributed by atoms with Gasteiger partial charge in [0.15, 0.2) is 6.61 Å². The van der Waals surface area contributed by atoms with Crippen LogP contribution in [0.5, 0.6) is 5.75 Å². The summed E-state index contributed by atoms with van der Waals surface area (Å²) in [4.78, 5) is 22.5. The first kappa shape index (κ1) is 15.6. The summed E-state index contributed by atoms with van der Waals surface area (Å²) in [7, 11) is 0. The lowest BCUT2D eigenvalue weighted by atomic mass is 10.3. The molecule has 0 atom stereocenters. The van der Waals surface area contributed by atoms with Gasteiger partial charge in [-0.1, -0.05) is 11.6 Å². The molecule has 120 valence electrons. The number of carbonyl (C=O) groups is 1. The third-order valence-corrected chi connectivity index (χ3v) is 3.79. The first-order valence-corrected chi connectivity index (χ1v) is 7.84. The predicted molar refractivity (Wildman–Crippen MR) is 89.1 cm³/mol. The topological polar surface area (TPSA) is 67.3 Å². The van der Waals surface area contributed by atoms with Gasteiger partial charge in [-0.3, -0.25) is 4.79 Å². The zero-order valence-corrected chi connectivity index (χ0v) is 13.3. The molecule has 1 aliphatic heterocycles. The number of rotatable bonds is 5. The van der Waals surface area contributed by atoms with Gasteiger partial charge in [0.1, 0.15) is 23.7 Å². The van der Waals surface area contributed by atoms with E-state index >= 15 is 0 Å². The second-order valence-corrected chi connectivity index (χ2v) is 5.68. The normalized spacial score (nSPS) is 13.9. The van der Waals surface area contributed by atoms with E-state index in [4.69, 9.17) is 16.3 Å². The van der Waals surface area contributed by atoms with Crippen LogP contribution < -0.4 is 15.0 Å². The molecule has 1 aromatic carbocycles. The average molecular weight is 333 g/mol. The molecule has 0 radical (unpaired) electrons. The Labute approximate surface area is 139 Å². The zero-order chi connectivity index (χ0) is 16.1. The van der Waals surface area contributed by atoms with Gasteiger partial charge < -0.3 is 15.0 Å². The molecule has 1 saturated heterocycles. The van der Waals surface area contributed by atoms with Crippen molar-refractivity contribution in [3.05, 3.63) is 41.7 Å². The molecule has 3 rings (SSSR count). The molecule has 6 nitrogen and oxygen atoms in total. The minimum Gasteiger partial charge on any atom is -0.484 e. The van der Waals surface area contributed by atoms with Crippen LogP contribution in [-0.2, 0) is 4.79 Å². The minimum absolute atomic E-state index is 0.0926. The van der Waals surface area contributed by atoms with E-state index in [1.807, 2.05) is 0 Å². The van der Waals surface area contributed by atoms with Gasteiger partial charge in [-0.2, -0.15) is 0 Å². The highest BCUT2D eigenvalue weighted by Crippen LogP contribution is 2.19. The van der Waals surface area contributed by atoms with Crippen LogP contribution in [0.15, 0.2) is 36.7 Å². The third-order valence-electron chi connectivity index (χ3n) is 3.53. The number of hydrogen-bond acceptors (Lipinski definition) is 5. The number of amides is 1. The highest BCUT2D eigenvalue weighted by molar-refractivity contribution is 6.30. The van der Waals surface area contributed by atoms with Crippen LogP contribution in [0.25, 0.3) is 0 Å². The number of aromatic nitrogens is 2. The summed E-state index contributed by atoms with van der Waals surface area (Å²) in [6, 6.07) is 8.63. The lowest BCUT2D eigenvalue weighted by Gasteiger charge is -2.16. The Balaban J connectivity index is 1.55. The summed E-state index contributed by atoms with van der Waals surface area (Å²) in [5.41, 5.74) is 0. The van der Waals surface area contributed by atoms with E-state index in [1.54, 1.807) is 30.3 Å². The number of anilines is 2. The van der Waals surface area contributed by atoms with Crippen molar-refractivity contribution < 1.29 is 9.53 Å². The molecule has 0 unspecified atom stereocenters. The maximum atomic E-state index is 11.9. The smallest absolute Gasteiger partial charge is 0.263 e. The lowest BCUT2D eigenvalue weighted by molar-refractivity contribution is -0.118. The van der Waals surface area contributed by atoms with Crippen LogP contribution in [0.1, 0.15) is 12.8 Å². The van der Waals surface area contributed by atoms with Crippen LogP contribution in [-0.4, -0.2) is 35.6 Å². The Bertz CT molecular complexity index is 672. The van der Waals surface area contributed by atoms with Crippen LogP contribution in [0, 0.1) is 0 Å². The molecule has 0 bridgehead atoms. The zero-order valence-electron chi connectivity index (χ0n) is 12.5. The standard InChI is InChI=1S/C16H17ClN4O2/c17-12-3-5-13(6-4-12)23-10-16(22)20-14-9-15(19-11-18-14)21-7-1-2-8-21/h3-6,9,11H,1-2,7-8,10H2,(H,18,19,20,22). The van der Waals surface area contributed by atoms with Crippen LogP contribution in [0.4, 0.5) is 11.6 Å². The van der Waals surface area contributed by atoms with E-state index < -0.39 is 0 Å². The Morgan fingerprint density at radius 1 is 1.22 bits per heavy atom. The molecule has 1 aromatic heterocycles. The molecule has 2 heterocycles. The van der Waals surface area contributed by atoms with Gasteiger partial charge >= 0.3 is 0 Å². The average Bonchev–Trinajstić information content (AvgIpc) is 3.09. The number of nitrogens with one attached hydrogen (secondary N) is 1. The Kier molecular flexibility index (Phi) is 4.92. The number of hydrogen-bond donors (Lipinski definition) is 1. The SMILES string of the molecule is O=C(COc1ccc(Cl)cc1)Nc1cc(N2CCCC2)ncn1. The van der Waals surface area contributed by atoms with Gasteiger partial charge in [0.05, 0.1) is 0 Å². The molecule has 0 spiro atoms. The van der Waals surface area contributed by atoms with Crippen molar-refractivity contribution in [2.45, 2.75) is 12.8 Å². The van der Waals surface area contributed by atoms with Crippen molar-refractivity contribution in [2.75, 3.05) is 29.9 Å². The van der Waals surface area contributed by atoms with E-state index in [2.05, 4.69) is 20.2 Å². The molecule has 1 fully saturated rings. The van der Waals surface area contributed by atoms with Crippen molar-refractivity contribution >= 4 is 29.1 Å². The Morgan fingerprint density at radius 2 is 1.96 bits per heavy atom. The summed E-state index contributed by atoms with van der Waals surface area (Å²) in [6.45, 7) is 1.89. The van der Waals surface area contributed by atoms with Crippen LogP contribution in [0.3, 0.4) is 0 Å². The monoisotopic (exact) mass is 332 g/mol. The molecule has 0 saturated carbocycles. The maximum Gasteiger partial charge on any atom is 0.263 e. The quantitative estimate of drug-likeness (QED) is 0.912.